The molecule has 1 heterocycles. The smallest absolute Gasteiger partial charge is 0.255 e. The summed E-state index contributed by atoms with van der Waals surface area (Å²) in [6.07, 6.45) is 5.11. The van der Waals surface area contributed by atoms with Crippen LogP contribution in [0.1, 0.15) is 43.0 Å². The van der Waals surface area contributed by atoms with E-state index < -0.39 is 22.0 Å². The molecule has 0 aliphatic carbocycles. The summed E-state index contributed by atoms with van der Waals surface area (Å²) >= 11 is 6.19. The van der Waals surface area contributed by atoms with Gasteiger partial charge >= 0.3 is 0 Å². The highest BCUT2D eigenvalue weighted by atomic mass is 35.5. The summed E-state index contributed by atoms with van der Waals surface area (Å²) in [6.45, 7) is 2.84. The molecule has 1 N–H and O–H groups in total. The van der Waals surface area contributed by atoms with Gasteiger partial charge in [-0.15, -0.1) is 0 Å². The van der Waals surface area contributed by atoms with E-state index in [-0.39, 0.29) is 16.6 Å². The van der Waals surface area contributed by atoms with Crippen molar-refractivity contribution in [3.63, 3.8) is 0 Å². The number of hydrogen-bond acceptors (Lipinski definition) is 5. The molecular formula is C24H30ClN3O5S. The molecule has 0 radical (unpaired) electrons. The van der Waals surface area contributed by atoms with E-state index >= 15 is 0 Å². The second kappa shape index (κ2) is 11.1. The first-order chi connectivity index (χ1) is 16.1. The van der Waals surface area contributed by atoms with Crippen LogP contribution < -0.4 is 14.4 Å². The number of carbonyl (C=O) groups is 2. The molecule has 184 valence electrons. The zero-order chi connectivity index (χ0) is 24.9. The van der Waals surface area contributed by atoms with Crippen LogP contribution in [-0.4, -0.2) is 57.6 Å². The molecule has 0 bridgehead atoms. The predicted molar refractivity (Wildman–Crippen MR) is 134 cm³/mol. The summed E-state index contributed by atoms with van der Waals surface area (Å²) in [5.41, 5.74) is 0.947. The fraction of sp³-hybridized carbons (Fsp3) is 0.417. The minimum Gasteiger partial charge on any atom is -0.495 e. The topological polar surface area (TPSA) is 96.0 Å². The van der Waals surface area contributed by atoms with Crippen LogP contribution >= 0.6 is 11.6 Å². The maximum absolute atomic E-state index is 13.2. The SMILES string of the molecule is COc1ccc(N([C@H](C)C(=O)Nc2ccccc2C(=O)N2CCCCCC2)S(C)(=O)=O)cc1Cl. The number of anilines is 2. The summed E-state index contributed by atoms with van der Waals surface area (Å²) in [6, 6.07) is 10.2. The van der Waals surface area contributed by atoms with Crippen molar-refractivity contribution in [2.45, 2.75) is 38.6 Å². The number of amides is 2. The summed E-state index contributed by atoms with van der Waals surface area (Å²) in [5.74, 6) is -0.335. The fourth-order valence-corrected chi connectivity index (χ4v) is 5.48. The largest absolute Gasteiger partial charge is 0.495 e. The molecule has 10 heteroatoms. The first-order valence-corrected chi connectivity index (χ1v) is 13.4. The molecule has 2 aromatic rings. The second-order valence-electron chi connectivity index (χ2n) is 8.29. The van der Waals surface area contributed by atoms with E-state index in [2.05, 4.69) is 5.32 Å². The summed E-state index contributed by atoms with van der Waals surface area (Å²) in [4.78, 5) is 28.2. The number of rotatable bonds is 7. The van der Waals surface area contributed by atoms with Gasteiger partial charge in [-0.1, -0.05) is 36.6 Å². The van der Waals surface area contributed by atoms with Gasteiger partial charge in [0.25, 0.3) is 5.91 Å². The average molecular weight is 508 g/mol. The summed E-state index contributed by atoms with van der Waals surface area (Å²) in [5, 5.41) is 2.97. The van der Waals surface area contributed by atoms with E-state index in [0.29, 0.717) is 30.1 Å². The molecule has 0 saturated carbocycles. The van der Waals surface area contributed by atoms with Gasteiger partial charge in [-0.05, 0) is 50.1 Å². The number of hydrogen-bond donors (Lipinski definition) is 1. The van der Waals surface area contributed by atoms with Gasteiger partial charge in [-0.25, -0.2) is 8.42 Å². The van der Waals surface area contributed by atoms with Crippen molar-refractivity contribution >= 4 is 44.8 Å². The lowest BCUT2D eigenvalue weighted by molar-refractivity contribution is -0.116. The molecular weight excluding hydrogens is 478 g/mol. The predicted octanol–water partition coefficient (Wildman–Crippen LogP) is 4.16. The lowest BCUT2D eigenvalue weighted by Gasteiger charge is -2.29. The Morgan fingerprint density at radius 2 is 1.74 bits per heavy atom. The Bertz CT molecular complexity index is 1150. The third kappa shape index (κ3) is 6.01. The number of para-hydroxylation sites is 1. The Balaban J connectivity index is 1.86. The molecule has 1 aliphatic rings. The zero-order valence-electron chi connectivity index (χ0n) is 19.6. The Morgan fingerprint density at radius 3 is 2.32 bits per heavy atom. The van der Waals surface area contributed by atoms with Gasteiger partial charge in [0.1, 0.15) is 11.8 Å². The van der Waals surface area contributed by atoms with Crippen molar-refractivity contribution in [2.75, 3.05) is 36.1 Å². The molecule has 8 nitrogen and oxygen atoms in total. The molecule has 1 atom stereocenters. The molecule has 34 heavy (non-hydrogen) atoms. The molecule has 1 aliphatic heterocycles. The quantitative estimate of drug-likeness (QED) is 0.607. The number of sulfonamides is 1. The highest BCUT2D eigenvalue weighted by Crippen LogP contribution is 2.31. The number of halogens is 1. The summed E-state index contributed by atoms with van der Waals surface area (Å²) in [7, 11) is -2.39. The monoisotopic (exact) mass is 507 g/mol. The molecule has 2 amide bonds. The Kier molecular flexibility index (Phi) is 8.43. The first-order valence-electron chi connectivity index (χ1n) is 11.2. The highest BCUT2D eigenvalue weighted by molar-refractivity contribution is 7.92. The number of methoxy groups -OCH3 is 1. The van der Waals surface area contributed by atoms with Crippen LogP contribution in [0.3, 0.4) is 0 Å². The van der Waals surface area contributed by atoms with E-state index in [0.717, 1.165) is 36.2 Å². The van der Waals surface area contributed by atoms with Crippen LogP contribution in [-0.2, 0) is 14.8 Å². The van der Waals surface area contributed by atoms with Gasteiger partial charge in [-0.3, -0.25) is 13.9 Å². The maximum atomic E-state index is 13.2. The number of nitrogens with one attached hydrogen (secondary N) is 1. The Hall–Kier alpha value is -2.78. The Morgan fingerprint density at radius 1 is 1.09 bits per heavy atom. The summed E-state index contributed by atoms with van der Waals surface area (Å²) < 4.78 is 31.4. The van der Waals surface area contributed by atoms with Crippen LogP contribution in [0.2, 0.25) is 5.02 Å². The van der Waals surface area contributed by atoms with Gasteiger partial charge in [0.05, 0.1) is 35.3 Å². The van der Waals surface area contributed by atoms with Gasteiger partial charge in [0.15, 0.2) is 0 Å². The molecule has 3 rings (SSSR count). The number of likely N-dealkylation sites (tertiary alicyclic amines) is 1. The number of benzene rings is 2. The fourth-order valence-electron chi connectivity index (χ4n) is 4.06. The lowest BCUT2D eigenvalue weighted by atomic mass is 10.1. The van der Waals surface area contributed by atoms with Crippen molar-refractivity contribution in [3.8, 4) is 5.75 Å². The van der Waals surface area contributed by atoms with Gasteiger partial charge in [-0.2, -0.15) is 0 Å². The van der Waals surface area contributed by atoms with Gasteiger partial charge in [0.2, 0.25) is 15.9 Å². The van der Waals surface area contributed by atoms with Gasteiger partial charge in [0, 0.05) is 13.1 Å². The van der Waals surface area contributed by atoms with E-state index in [1.807, 2.05) is 4.90 Å². The molecule has 0 unspecified atom stereocenters. The normalized spacial score (nSPS) is 15.2. The van der Waals surface area contributed by atoms with Crippen LogP contribution in [0.5, 0.6) is 5.75 Å². The van der Waals surface area contributed by atoms with E-state index in [4.69, 9.17) is 16.3 Å². The molecule has 0 spiro atoms. The van der Waals surface area contributed by atoms with Crippen molar-refractivity contribution in [3.05, 3.63) is 53.1 Å². The van der Waals surface area contributed by atoms with E-state index in [9.17, 15) is 18.0 Å². The van der Waals surface area contributed by atoms with E-state index in [1.54, 1.807) is 24.3 Å². The molecule has 1 fully saturated rings. The second-order valence-corrected chi connectivity index (χ2v) is 10.6. The molecule has 2 aromatic carbocycles. The number of nitrogens with zero attached hydrogens (tertiary/aromatic N) is 2. The van der Waals surface area contributed by atoms with Crippen molar-refractivity contribution < 1.29 is 22.7 Å². The molecule has 1 saturated heterocycles. The van der Waals surface area contributed by atoms with Crippen LogP contribution in [0.15, 0.2) is 42.5 Å². The zero-order valence-corrected chi connectivity index (χ0v) is 21.2. The molecule has 0 aromatic heterocycles. The van der Waals surface area contributed by atoms with Gasteiger partial charge < -0.3 is 15.0 Å². The Labute approximate surface area is 205 Å². The first kappa shape index (κ1) is 25.8. The number of carbonyl (C=O) groups excluding carboxylic acids is 2. The minimum absolute atomic E-state index is 0.146. The third-order valence-electron chi connectivity index (χ3n) is 5.79. The minimum atomic E-state index is -3.84. The van der Waals surface area contributed by atoms with Crippen LogP contribution in [0, 0.1) is 0 Å². The lowest BCUT2D eigenvalue weighted by Crippen LogP contribution is -2.45. The number of ether oxygens (including phenoxy) is 1. The van der Waals surface area contributed by atoms with E-state index in [1.165, 1.54) is 32.2 Å². The average Bonchev–Trinajstić information content (AvgIpc) is 3.08. The third-order valence-corrected chi connectivity index (χ3v) is 7.32. The highest BCUT2D eigenvalue weighted by Gasteiger charge is 2.30. The van der Waals surface area contributed by atoms with Crippen molar-refractivity contribution in [1.29, 1.82) is 0 Å². The van der Waals surface area contributed by atoms with Crippen LogP contribution in [0.4, 0.5) is 11.4 Å². The van der Waals surface area contributed by atoms with Crippen molar-refractivity contribution in [2.24, 2.45) is 0 Å². The van der Waals surface area contributed by atoms with Crippen LogP contribution in [0.25, 0.3) is 0 Å². The van der Waals surface area contributed by atoms with Crippen molar-refractivity contribution in [1.82, 2.24) is 4.90 Å². The maximum Gasteiger partial charge on any atom is 0.255 e. The standard InChI is InChI=1S/C24H30ClN3O5S/c1-17(28(34(3,31)32)18-12-13-22(33-2)20(25)16-18)23(29)26-21-11-7-6-10-19(21)24(30)27-14-8-4-5-9-15-27/h6-7,10-13,16-17H,4-5,8-9,14-15H2,1-3H3,(H,26,29)/t17-/m1/s1.